The molecule has 2 nitrogen and oxygen atoms in total. The predicted octanol–water partition coefficient (Wildman–Crippen LogP) is 4.41. The van der Waals surface area contributed by atoms with Crippen molar-refractivity contribution in [2.24, 2.45) is 5.41 Å². The zero-order valence-electron chi connectivity index (χ0n) is 12.0. The van der Waals surface area contributed by atoms with E-state index in [0.717, 1.165) is 41.5 Å². The summed E-state index contributed by atoms with van der Waals surface area (Å²) in [5.41, 5.74) is 2.26. The molecule has 104 valence electrons. The number of nitrogens with zero attached hydrogens (tertiary/aromatic N) is 1. The fourth-order valence-electron chi connectivity index (χ4n) is 2.61. The highest BCUT2D eigenvalue weighted by atomic mass is 79.9. The lowest BCUT2D eigenvalue weighted by Crippen LogP contribution is -2.32. The first-order chi connectivity index (χ1) is 8.91. The molecule has 1 fully saturated rings. The molecular weight excluding hydrogens is 302 g/mol. The van der Waals surface area contributed by atoms with E-state index in [1.54, 1.807) is 0 Å². The van der Waals surface area contributed by atoms with Crippen LogP contribution in [-0.4, -0.2) is 23.9 Å². The Labute approximate surface area is 124 Å². The molecule has 2 rings (SSSR count). The van der Waals surface area contributed by atoms with Gasteiger partial charge in [-0.25, -0.2) is 0 Å². The molecule has 1 aromatic rings. The van der Waals surface area contributed by atoms with Crippen LogP contribution in [0.4, 0.5) is 0 Å². The van der Waals surface area contributed by atoms with Gasteiger partial charge in [-0.3, -0.25) is 4.79 Å². The van der Waals surface area contributed by atoms with E-state index in [-0.39, 0.29) is 5.91 Å². The Kier molecular flexibility index (Phi) is 4.34. The number of halogens is 1. The summed E-state index contributed by atoms with van der Waals surface area (Å²) < 4.78 is 0.934. The summed E-state index contributed by atoms with van der Waals surface area (Å²) in [6.07, 6.45) is 3.39. The monoisotopic (exact) mass is 323 g/mol. The third kappa shape index (κ3) is 3.38. The number of benzene rings is 1. The molecule has 0 N–H and O–H groups in total. The van der Waals surface area contributed by atoms with E-state index in [0.29, 0.717) is 5.41 Å². The number of carbonyl (C=O) groups is 1. The number of hydrogen-bond acceptors (Lipinski definition) is 1. The van der Waals surface area contributed by atoms with E-state index in [9.17, 15) is 4.79 Å². The van der Waals surface area contributed by atoms with Gasteiger partial charge in [-0.1, -0.05) is 26.0 Å². The van der Waals surface area contributed by atoms with Crippen molar-refractivity contribution in [1.82, 2.24) is 4.90 Å². The van der Waals surface area contributed by atoms with E-state index >= 15 is 0 Å². The summed E-state index contributed by atoms with van der Waals surface area (Å²) in [5.74, 6) is 0.160. The molecular formula is C16H22BrNO. The summed E-state index contributed by atoms with van der Waals surface area (Å²) in [6.45, 7) is 8.36. The van der Waals surface area contributed by atoms with Crippen molar-refractivity contribution in [3.8, 4) is 0 Å². The molecule has 0 bridgehead atoms. The van der Waals surface area contributed by atoms with Crippen LogP contribution in [0.3, 0.4) is 0 Å². The van der Waals surface area contributed by atoms with E-state index in [2.05, 4.69) is 29.8 Å². The molecule has 1 heterocycles. The minimum atomic E-state index is 0.160. The highest BCUT2D eigenvalue weighted by Crippen LogP contribution is 2.31. The van der Waals surface area contributed by atoms with Gasteiger partial charge < -0.3 is 4.90 Å². The topological polar surface area (TPSA) is 20.3 Å². The Hall–Kier alpha value is -0.830. The molecule has 1 saturated heterocycles. The van der Waals surface area contributed by atoms with Gasteiger partial charge in [0.2, 0.25) is 0 Å². The van der Waals surface area contributed by atoms with E-state index in [4.69, 9.17) is 0 Å². The van der Waals surface area contributed by atoms with E-state index in [1.807, 2.05) is 30.0 Å². The molecule has 0 spiro atoms. The summed E-state index contributed by atoms with van der Waals surface area (Å²) in [7, 11) is 0. The predicted molar refractivity (Wildman–Crippen MR) is 82.4 cm³/mol. The van der Waals surface area contributed by atoms with Crippen LogP contribution < -0.4 is 0 Å². The fraction of sp³-hybridized carbons (Fsp3) is 0.562. The Morgan fingerprint density at radius 1 is 1.26 bits per heavy atom. The van der Waals surface area contributed by atoms with Crippen LogP contribution in [0.5, 0.6) is 0 Å². The second kappa shape index (κ2) is 5.66. The molecule has 0 aromatic heterocycles. The first-order valence-corrected chi connectivity index (χ1v) is 7.74. The molecule has 1 aromatic carbocycles. The molecule has 0 atom stereocenters. The molecule has 0 radical (unpaired) electrons. The van der Waals surface area contributed by atoms with Gasteiger partial charge in [-0.15, -0.1) is 0 Å². The number of hydrogen-bond donors (Lipinski definition) is 0. The smallest absolute Gasteiger partial charge is 0.255 e. The highest BCUT2D eigenvalue weighted by molar-refractivity contribution is 9.10. The van der Waals surface area contributed by atoms with Gasteiger partial charge in [-0.05, 0) is 59.2 Å². The van der Waals surface area contributed by atoms with Crippen molar-refractivity contribution in [2.75, 3.05) is 13.1 Å². The normalized spacial score (nSPS) is 19.1. The Morgan fingerprint density at radius 3 is 2.74 bits per heavy atom. The first kappa shape index (κ1) is 14.6. The van der Waals surface area contributed by atoms with Crippen molar-refractivity contribution in [2.45, 2.75) is 40.0 Å². The van der Waals surface area contributed by atoms with Gasteiger partial charge in [0.1, 0.15) is 0 Å². The zero-order chi connectivity index (χ0) is 14.0. The Morgan fingerprint density at radius 2 is 2.00 bits per heavy atom. The van der Waals surface area contributed by atoms with Crippen molar-refractivity contribution in [3.63, 3.8) is 0 Å². The Bertz CT molecular complexity index is 482. The van der Waals surface area contributed by atoms with Gasteiger partial charge in [0.15, 0.2) is 0 Å². The van der Waals surface area contributed by atoms with E-state index < -0.39 is 0 Å². The standard InChI is InChI=1S/C16H22BrNO/c1-12-6-4-7-13(14(12)17)15(19)18-10-5-8-16(2,3)9-11-18/h4,6-7H,5,8-11H2,1-3H3. The average molecular weight is 324 g/mol. The van der Waals surface area contributed by atoms with Crippen LogP contribution in [0.1, 0.15) is 49.0 Å². The molecule has 3 heteroatoms. The third-order valence-corrected chi connectivity index (χ3v) is 5.10. The van der Waals surface area contributed by atoms with Gasteiger partial charge in [-0.2, -0.15) is 0 Å². The molecule has 0 aliphatic carbocycles. The fourth-order valence-corrected chi connectivity index (χ4v) is 3.04. The van der Waals surface area contributed by atoms with Crippen LogP contribution in [0.25, 0.3) is 0 Å². The van der Waals surface area contributed by atoms with Gasteiger partial charge in [0.25, 0.3) is 5.91 Å². The second-order valence-corrected chi connectivity index (χ2v) is 7.04. The molecule has 1 aliphatic heterocycles. The van der Waals surface area contributed by atoms with Crippen molar-refractivity contribution >= 4 is 21.8 Å². The SMILES string of the molecule is Cc1cccc(C(=O)N2CCCC(C)(C)CC2)c1Br. The molecule has 1 aliphatic rings. The van der Waals surface area contributed by atoms with Gasteiger partial charge in [0.05, 0.1) is 5.56 Å². The summed E-state index contributed by atoms with van der Waals surface area (Å²) in [6, 6.07) is 5.89. The Balaban J connectivity index is 2.18. The van der Waals surface area contributed by atoms with Crippen molar-refractivity contribution in [3.05, 3.63) is 33.8 Å². The molecule has 0 saturated carbocycles. The molecule has 19 heavy (non-hydrogen) atoms. The van der Waals surface area contributed by atoms with Crippen LogP contribution in [-0.2, 0) is 0 Å². The van der Waals surface area contributed by atoms with Crippen LogP contribution in [0, 0.1) is 12.3 Å². The number of likely N-dealkylation sites (tertiary alicyclic amines) is 1. The quantitative estimate of drug-likeness (QED) is 0.749. The third-order valence-electron chi connectivity index (χ3n) is 4.05. The number of rotatable bonds is 1. The zero-order valence-corrected chi connectivity index (χ0v) is 13.6. The lowest BCUT2D eigenvalue weighted by Gasteiger charge is -2.24. The maximum absolute atomic E-state index is 12.6. The van der Waals surface area contributed by atoms with Gasteiger partial charge >= 0.3 is 0 Å². The largest absolute Gasteiger partial charge is 0.339 e. The number of carbonyl (C=O) groups excluding carboxylic acids is 1. The second-order valence-electron chi connectivity index (χ2n) is 6.25. The maximum atomic E-state index is 12.6. The lowest BCUT2D eigenvalue weighted by atomic mass is 9.85. The minimum absolute atomic E-state index is 0.160. The average Bonchev–Trinajstić information content (AvgIpc) is 2.53. The number of amides is 1. The van der Waals surface area contributed by atoms with Crippen LogP contribution in [0.2, 0.25) is 0 Å². The van der Waals surface area contributed by atoms with Crippen molar-refractivity contribution in [1.29, 1.82) is 0 Å². The van der Waals surface area contributed by atoms with Crippen LogP contribution >= 0.6 is 15.9 Å². The first-order valence-electron chi connectivity index (χ1n) is 6.95. The van der Waals surface area contributed by atoms with Crippen molar-refractivity contribution < 1.29 is 4.79 Å². The summed E-state index contributed by atoms with van der Waals surface area (Å²) >= 11 is 3.54. The molecule has 0 unspecified atom stereocenters. The summed E-state index contributed by atoms with van der Waals surface area (Å²) in [4.78, 5) is 14.6. The van der Waals surface area contributed by atoms with E-state index in [1.165, 1.54) is 6.42 Å². The number of aryl methyl sites for hydroxylation is 1. The maximum Gasteiger partial charge on any atom is 0.255 e. The summed E-state index contributed by atoms with van der Waals surface area (Å²) in [5, 5.41) is 0. The highest BCUT2D eigenvalue weighted by Gasteiger charge is 2.26. The van der Waals surface area contributed by atoms with Crippen LogP contribution in [0.15, 0.2) is 22.7 Å². The minimum Gasteiger partial charge on any atom is -0.339 e. The van der Waals surface area contributed by atoms with Gasteiger partial charge in [0, 0.05) is 17.6 Å². The molecule has 1 amide bonds. The lowest BCUT2D eigenvalue weighted by molar-refractivity contribution is 0.0756.